The Morgan fingerprint density at radius 3 is 2.70 bits per heavy atom. The number of benzene rings is 1. The highest BCUT2D eigenvalue weighted by Crippen LogP contribution is 2.26. The molecular weight excluding hydrogens is 272 g/mol. The van der Waals surface area contributed by atoms with E-state index in [9.17, 15) is 4.79 Å². The van der Waals surface area contributed by atoms with Gasteiger partial charge in [0.05, 0.1) is 18.1 Å². The molecule has 0 fully saturated rings. The Labute approximate surface area is 122 Å². The maximum Gasteiger partial charge on any atom is 0.233 e. The Kier molecular flexibility index (Phi) is 5.12. The standard InChI is InChI=1S/C15H18N2O2S/c1-2-14(20-13-7-5-11(16)6-8-13)15(18)17-10-12-4-3-9-19-12/h3-9,14H,2,10,16H2,1H3,(H,17,18). The van der Waals surface area contributed by atoms with Crippen LogP contribution < -0.4 is 11.1 Å². The number of hydrogen-bond donors (Lipinski definition) is 2. The van der Waals surface area contributed by atoms with Gasteiger partial charge >= 0.3 is 0 Å². The van der Waals surface area contributed by atoms with Crippen molar-refractivity contribution >= 4 is 23.4 Å². The maximum atomic E-state index is 12.1. The molecule has 0 aliphatic heterocycles. The average Bonchev–Trinajstić information content (AvgIpc) is 2.97. The first kappa shape index (κ1) is 14.5. The molecule has 0 spiro atoms. The van der Waals surface area contributed by atoms with Crippen molar-refractivity contribution in [3.63, 3.8) is 0 Å². The molecule has 106 valence electrons. The molecule has 0 bridgehead atoms. The van der Waals surface area contributed by atoms with Crippen LogP contribution >= 0.6 is 11.8 Å². The maximum absolute atomic E-state index is 12.1. The highest BCUT2D eigenvalue weighted by atomic mass is 32.2. The predicted molar refractivity (Wildman–Crippen MR) is 81.3 cm³/mol. The zero-order valence-corrected chi connectivity index (χ0v) is 12.2. The van der Waals surface area contributed by atoms with Crippen LogP contribution in [0.2, 0.25) is 0 Å². The van der Waals surface area contributed by atoms with Gasteiger partial charge in [-0.25, -0.2) is 0 Å². The van der Waals surface area contributed by atoms with Crippen LogP contribution in [0.5, 0.6) is 0 Å². The Morgan fingerprint density at radius 1 is 1.35 bits per heavy atom. The summed E-state index contributed by atoms with van der Waals surface area (Å²) in [6.07, 6.45) is 2.36. The largest absolute Gasteiger partial charge is 0.467 e. The van der Waals surface area contributed by atoms with Crippen molar-refractivity contribution in [2.24, 2.45) is 0 Å². The van der Waals surface area contributed by atoms with E-state index in [-0.39, 0.29) is 11.2 Å². The lowest BCUT2D eigenvalue weighted by molar-refractivity contribution is -0.120. The van der Waals surface area contributed by atoms with E-state index in [1.165, 1.54) is 0 Å². The first-order valence-corrected chi connectivity index (χ1v) is 7.39. The summed E-state index contributed by atoms with van der Waals surface area (Å²) >= 11 is 1.54. The summed E-state index contributed by atoms with van der Waals surface area (Å²) in [5, 5.41) is 2.77. The molecule has 2 rings (SSSR count). The number of nitrogens with one attached hydrogen (secondary N) is 1. The van der Waals surface area contributed by atoms with Crippen LogP contribution in [0.3, 0.4) is 0 Å². The molecule has 4 nitrogen and oxygen atoms in total. The lowest BCUT2D eigenvalue weighted by Crippen LogP contribution is -2.31. The molecule has 0 aliphatic rings. The first-order chi connectivity index (χ1) is 9.69. The van der Waals surface area contributed by atoms with Gasteiger partial charge in [-0.05, 0) is 42.8 Å². The zero-order valence-electron chi connectivity index (χ0n) is 11.3. The van der Waals surface area contributed by atoms with E-state index in [4.69, 9.17) is 10.2 Å². The fourth-order valence-electron chi connectivity index (χ4n) is 1.73. The number of thioether (sulfide) groups is 1. The Hall–Kier alpha value is -1.88. The minimum atomic E-state index is -0.117. The SMILES string of the molecule is CCC(Sc1ccc(N)cc1)C(=O)NCc1ccco1. The average molecular weight is 290 g/mol. The van der Waals surface area contributed by atoms with Gasteiger partial charge in [0.25, 0.3) is 0 Å². The minimum absolute atomic E-state index is 0.0192. The van der Waals surface area contributed by atoms with Gasteiger partial charge in [-0.1, -0.05) is 6.92 Å². The van der Waals surface area contributed by atoms with E-state index in [0.29, 0.717) is 6.54 Å². The number of nitrogen functional groups attached to an aromatic ring is 1. The first-order valence-electron chi connectivity index (χ1n) is 6.51. The van der Waals surface area contributed by atoms with Crippen LogP contribution in [0.15, 0.2) is 52.0 Å². The lowest BCUT2D eigenvalue weighted by atomic mass is 10.3. The van der Waals surface area contributed by atoms with E-state index < -0.39 is 0 Å². The van der Waals surface area contributed by atoms with Gasteiger partial charge in [0.15, 0.2) is 0 Å². The van der Waals surface area contributed by atoms with Crippen molar-refractivity contribution in [3.05, 3.63) is 48.4 Å². The number of rotatable bonds is 6. The lowest BCUT2D eigenvalue weighted by Gasteiger charge is -2.14. The number of carbonyl (C=O) groups is 1. The second-order valence-corrected chi connectivity index (χ2v) is 5.66. The monoisotopic (exact) mass is 290 g/mol. The number of furan rings is 1. The summed E-state index contributed by atoms with van der Waals surface area (Å²) in [5.74, 6) is 0.774. The van der Waals surface area contributed by atoms with Gasteiger partial charge in [-0.15, -0.1) is 11.8 Å². The Morgan fingerprint density at radius 2 is 2.10 bits per heavy atom. The van der Waals surface area contributed by atoms with Crippen molar-refractivity contribution in [3.8, 4) is 0 Å². The molecule has 1 unspecified atom stereocenters. The molecule has 0 radical (unpaired) electrons. The van der Waals surface area contributed by atoms with Crippen LogP contribution in [-0.4, -0.2) is 11.2 Å². The molecular formula is C15H18N2O2S. The third-order valence-corrected chi connectivity index (χ3v) is 4.21. The van der Waals surface area contributed by atoms with Gasteiger partial charge in [0.2, 0.25) is 5.91 Å². The van der Waals surface area contributed by atoms with E-state index in [1.54, 1.807) is 18.0 Å². The van der Waals surface area contributed by atoms with Gasteiger partial charge in [0, 0.05) is 10.6 Å². The fraction of sp³-hybridized carbons (Fsp3) is 0.267. The number of carbonyl (C=O) groups excluding carboxylic acids is 1. The van der Waals surface area contributed by atoms with Crippen LogP contribution in [0.4, 0.5) is 5.69 Å². The molecule has 1 heterocycles. The van der Waals surface area contributed by atoms with Crippen molar-refractivity contribution in [1.29, 1.82) is 0 Å². The van der Waals surface area contributed by atoms with Crippen molar-refractivity contribution in [1.82, 2.24) is 5.32 Å². The molecule has 0 saturated heterocycles. The topological polar surface area (TPSA) is 68.3 Å². The Bertz CT molecular complexity index is 538. The molecule has 20 heavy (non-hydrogen) atoms. The van der Waals surface area contributed by atoms with Crippen LogP contribution in [0.25, 0.3) is 0 Å². The molecule has 2 aromatic rings. The molecule has 0 saturated carbocycles. The molecule has 1 amide bonds. The normalized spacial score (nSPS) is 12.1. The molecule has 5 heteroatoms. The van der Waals surface area contributed by atoms with Gasteiger partial charge < -0.3 is 15.5 Å². The number of anilines is 1. The molecule has 0 aliphatic carbocycles. The minimum Gasteiger partial charge on any atom is -0.467 e. The van der Waals surface area contributed by atoms with E-state index >= 15 is 0 Å². The number of hydrogen-bond acceptors (Lipinski definition) is 4. The van der Waals surface area contributed by atoms with E-state index in [1.807, 2.05) is 43.3 Å². The van der Waals surface area contributed by atoms with E-state index in [2.05, 4.69) is 5.32 Å². The summed E-state index contributed by atoms with van der Waals surface area (Å²) in [5.41, 5.74) is 6.38. The highest BCUT2D eigenvalue weighted by Gasteiger charge is 2.17. The van der Waals surface area contributed by atoms with Crippen molar-refractivity contribution in [2.75, 3.05) is 5.73 Å². The summed E-state index contributed by atoms with van der Waals surface area (Å²) in [4.78, 5) is 13.2. The second kappa shape index (κ2) is 7.05. The third-order valence-electron chi connectivity index (χ3n) is 2.84. The van der Waals surface area contributed by atoms with E-state index in [0.717, 1.165) is 22.8 Å². The number of nitrogens with two attached hydrogens (primary N) is 1. The number of amides is 1. The van der Waals surface area contributed by atoms with Crippen molar-refractivity contribution in [2.45, 2.75) is 30.0 Å². The second-order valence-electron chi connectivity index (χ2n) is 4.38. The van der Waals surface area contributed by atoms with Gasteiger partial charge in [-0.2, -0.15) is 0 Å². The summed E-state index contributed by atoms with van der Waals surface area (Å²) in [6.45, 7) is 2.42. The van der Waals surface area contributed by atoms with Gasteiger partial charge in [0.1, 0.15) is 5.76 Å². The smallest absolute Gasteiger partial charge is 0.233 e. The van der Waals surface area contributed by atoms with Gasteiger partial charge in [-0.3, -0.25) is 4.79 Å². The highest BCUT2D eigenvalue weighted by molar-refractivity contribution is 8.00. The molecule has 1 atom stereocenters. The summed E-state index contributed by atoms with van der Waals surface area (Å²) in [7, 11) is 0. The third kappa shape index (κ3) is 4.06. The fourth-order valence-corrected chi connectivity index (χ4v) is 2.71. The zero-order chi connectivity index (χ0) is 14.4. The van der Waals surface area contributed by atoms with Crippen LogP contribution in [-0.2, 0) is 11.3 Å². The summed E-state index contributed by atoms with van der Waals surface area (Å²) in [6, 6.07) is 11.2. The quantitative estimate of drug-likeness (QED) is 0.634. The van der Waals surface area contributed by atoms with Crippen molar-refractivity contribution < 1.29 is 9.21 Å². The Balaban J connectivity index is 1.90. The predicted octanol–water partition coefficient (Wildman–Crippen LogP) is 3.05. The van der Waals surface area contributed by atoms with Crippen LogP contribution in [0, 0.1) is 0 Å². The summed E-state index contributed by atoms with van der Waals surface area (Å²) < 4.78 is 5.19. The molecule has 1 aromatic carbocycles. The van der Waals surface area contributed by atoms with Crippen LogP contribution in [0.1, 0.15) is 19.1 Å². The molecule has 3 N–H and O–H groups in total. The molecule has 1 aromatic heterocycles.